The molecule has 2 aromatic rings. The largest absolute Gasteiger partial charge is 0.481 e. The predicted molar refractivity (Wildman–Crippen MR) is 79.3 cm³/mol. The van der Waals surface area contributed by atoms with E-state index >= 15 is 0 Å². The van der Waals surface area contributed by atoms with Crippen molar-refractivity contribution in [3.8, 4) is 0 Å². The summed E-state index contributed by atoms with van der Waals surface area (Å²) in [5.74, 6) is -0.649. The summed E-state index contributed by atoms with van der Waals surface area (Å²) >= 11 is 0. The lowest BCUT2D eigenvalue weighted by molar-refractivity contribution is -0.137. The van der Waals surface area contributed by atoms with Gasteiger partial charge in [-0.1, -0.05) is 25.1 Å². The molecule has 2 rings (SSSR count). The van der Waals surface area contributed by atoms with Crippen molar-refractivity contribution in [1.29, 1.82) is 0 Å². The summed E-state index contributed by atoms with van der Waals surface area (Å²) in [6.45, 7) is 4.20. The zero-order valence-electron chi connectivity index (χ0n) is 12.2. The third kappa shape index (κ3) is 3.62. The molecule has 0 bridgehead atoms. The molecule has 1 atom stereocenters. The summed E-state index contributed by atoms with van der Waals surface area (Å²) in [5, 5.41) is 12.4. The van der Waals surface area contributed by atoms with Crippen LogP contribution in [0.3, 0.4) is 0 Å². The number of nitrogens with one attached hydrogen (secondary N) is 1. The molecule has 0 spiro atoms. The second-order valence-corrected chi connectivity index (χ2v) is 5.30. The van der Waals surface area contributed by atoms with Crippen LogP contribution in [0.15, 0.2) is 28.7 Å². The highest BCUT2D eigenvalue weighted by Crippen LogP contribution is 2.24. The van der Waals surface area contributed by atoms with Gasteiger partial charge < -0.3 is 14.8 Å². The van der Waals surface area contributed by atoms with E-state index in [1.807, 2.05) is 38.1 Å². The molecule has 2 N–H and O–H groups in total. The standard InChI is InChI=1S/C16H19NO4/c1-10(7-8-14(18)19)9-17-16(20)15-11(2)12-5-3-4-6-13(12)21-15/h3-6,10H,7-9H2,1-2H3,(H,17,20)(H,18,19). The molecule has 0 aliphatic heterocycles. The molecule has 1 aromatic carbocycles. The predicted octanol–water partition coefficient (Wildman–Crippen LogP) is 2.97. The Labute approximate surface area is 122 Å². The second-order valence-electron chi connectivity index (χ2n) is 5.30. The fourth-order valence-electron chi connectivity index (χ4n) is 2.21. The second kappa shape index (κ2) is 6.43. The van der Waals surface area contributed by atoms with E-state index in [4.69, 9.17) is 9.52 Å². The molecule has 1 unspecified atom stereocenters. The van der Waals surface area contributed by atoms with Gasteiger partial charge in [0.15, 0.2) is 5.76 Å². The first kappa shape index (κ1) is 15.1. The molecule has 0 saturated carbocycles. The number of hydrogen-bond donors (Lipinski definition) is 2. The van der Waals surface area contributed by atoms with Crippen LogP contribution in [0, 0.1) is 12.8 Å². The van der Waals surface area contributed by atoms with E-state index in [2.05, 4.69) is 5.32 Å². The van der Waals surface area contributed by atoms with Gasteiger partial charge in [0.1, 0.15) is 5.58 Å². The lowest BCUT2D eigenvalue weighted by Gasteiger charge is -2.10. The minimum atomic E-state index is -0.818. The molecule has 0 aliphatic carbocycles. The fraction of sp³-hybridized carbons (Fsp3) is 0.375. The Morgan fingerprint density at radius 2 is 2.05 bits per heavy atom. The topological polar surface area (TPSA) is 79.5 Å². The highest BCUT2D eigenvalue weighted by atomic mass is 16.4. The number of carboxylic acids is 1. The Bertz CT molecular complexity index is 659. The third-order valence-corrected chi connectivity index (χ3v) is 3.51. The van der Waals surface area contributed by atoms with Crippen molar-refractivity contribution in [3.63, 3.8) is 0 Å². The van der Waals surface area contributed by atoms with Crippen molar-refractivity contribution in [2.45, 2.75) is 26.7 Å². The van der Waals surface area contributed by atoms with Crippen LogP contribution in [-0.2, 0) is 4.79 Å². The summed E-state index contributed by atoms with van der Waals surface area (Å²) in [6, 6.07) is 7.51. The van der Waals surface area contributed by atoms with E-state index in [1.165, 1.54) is 0 Å². The maximum Gasteiger partial charge on any atom is 0.303 e. The van der Waals surface area contributed by atoms with Gasteiger partial charge in [0, 0.05) is 23.9 Å². The molecular formula is C16H19NO4. The monoisotopic (exact) mass is 289 g/mol. The Balaban J connectivity index is 1.99. The van der Waals surface area contributed by atoms with Crippen molar-refractivity contribution in [2.24, 2.45) is 5.92 Å². The van der Waals surface area contributed by atoms with Crippen LogP contribution in [0.5, 0.6) is 0 Å². The van der Waals surface area contributed by atoms with Crippen LogP contribution in [0.2, 0.25) is 0 Å². The first-order chi connectivity index (χ1) is 9.99. The zero-order valence-corrected chi connectivity index (χ0v) is 12.2. The normalized spacial score (nSPS) is 12.3. The molecule has 1 amide bonds. The van der Waals surface area contributed by atoms with E-state index in [0.29, 0.717) is 24.3 Å². The Kier molecular flexibility index (Phi) is 4.62. The first-order valence-corrected chi connectivity index (χ1v) is 6.97. The molecule has 0 radical (unpaired) electrons. The summed E-state index contributed by atoms with van der Waals surface area (Å²) in [6.07, 6.45) is 0.648. The SMILES string of the molecule is Cc1c(C(=O)NCC(C)CCC(=O)O)oc2ccccc12. The summed E-state index contributed by atoms with van der Waals surface area (Å²) in [7, 11) is 0. The van der Waals surface area contributed by atoms with Gasteiger partial charge in [0.25, 0.3) is 5.91 Å². The zero-order chi connectivity index (χ0) is 15.4. The van der Waals surface area contributed by atoms with Crippen molar-refractivity contribution < 1.29 is 19.1 Å². The molecular weight excluding hydrogens is 270 g/mol. The Morgan fingerprint density at radius 1 is 1.33 bits per heavy atom. The number of aliphatic carboxylic acids is 1. The van der Waals surface area contributed by atoms with E-state index in [9.17, 15) is 9.59 Å². The van der Waals surface area contributed by atoms with Crippen molar-refractivity contribution in [2.75, 3.05) is 6.54 Å². The molecule has 0 fully saturated rings. The quantitative estimate of drug-likeness (QED) is 0.856. The van der Waals surface area contributed by atoms with Gasteiger partial charge in [-0.3, -0.25) is 9.59 Å². The first-order valence-electron chi connectivity index (χ1n) is 6.97. The highest BCUT2D eigenvalue weighted by Gasteiger charge is 2.17. The highest BCUT2D eigenvalue weighted by molar-refractivity contribution is 5.98. The van der Waals surface area contributed by atoms with Gasteiger partial charge >= 0.3 is 5.97 Å². The summed E-state index contributed by atoms with van der Waals surface area (Å²) in [4.78, 5) is 22.7. The van der Waals surface area contributed by atoms with E-state index in [1.54, 1.807) is 0 Å². The molecule has 5 heteroatoms. The minimum Gasteiger partial charge on any atom is -0.481 e. The molecule has 21 heavy (non-hydrogen) atoms. The fourth-order valence-corrected chi connectivity index (χ4v) is 2.21. The molecule has 5 nitrogen and oxygen atoms in total. The van der Waals surface area contributed by atoms with E-state index in [-0.39, 0.29) is 18.2 Å². The number of carbonyl (C=O) groups is 2. The van der Waals surface area contributed by atoms with E-state index in [0.717, 1.165) is 10.9 Å². The summed E-state index contributed by atoms with van der Waals surface area (Å²) < 4.78 is 5.58. The molecule has 0 aliphatic rings. The van der Waals surface area contributed by atoms with Crippen LogP contribution in [0.1, 0.15) is 35.9 Å². The van der Waals surface area contributed by atoms with Gasteiger partial charge in [0.2, 0.25) is 0 Å². The lowest BCUT2D eigenvalue weighted by Crippen LogP contribution is -2.28. The van der Waals surface area contributed by atoms with Gasteiger partial charge in [-0.05, 0) is 25.3 Å². The molecule has 1 heterocycles. The van der Waals surface area contributed by atoms with Crippen molar-refractivity contribution in [3.05, 3.63) is 35.6 Å². The van der Waals surface area contributed by atoms with Crippen molar-refractivity contribution >= 4 is 22.8 Å². The molecule has 112 valence electrons. The smallest absolute Gasteiger partial charge is 0.303 e. The Hall–Kier alpha value is -2.30. The van der Waals surface area contributed by atoms with Crippen LogP contribution in [0.25, 0.3) is 11.0 Å². The summed E-state index contributed by atoms with van der Waals surface area (Å²) in [5.41, 5.74) is 1.51. The van der Waals surface area contributed by atoms with Gasteiger partial charge in [0.05, 0.1) is 0 Å². The maximum absolute atomic E-state index is 12.2. The van der Waals surface area contributed by atoms with Crippen molar-refractivity contribution in [1.82, 2.24) is 5.32 Å². The van der Waals surface area contributed by atoms with E-state index < -0.39 is 5.97 Å². The number of furan rings is 1. The number of benzene rings is 1. The number of aryl methyl sites for hydroxylation is 1. The number of para-hydroxylation sites is 1. The number of amides is 1. The van der Waals surface area contributed by atoms with Gasteiger partial charge in [-0.15, -0.1) is 0 Å². The number of hydrogen-bond acceptors (Lipinski definition) is 3. The number of carbonyl (C=O) groups excluding carboxylic acids is 1. The third-order valence-electron chi connectivity index (χ3n) is 3.51. The van der Waals surface area contributed by atoms with Crippen LogP contribution >= 0.6 is 0 Å². The Morgan fingerprint density at radius 3 is 2.71 bits per heavy atom. The van der Waals surface area contributed by atoms with Crippen LogP contribution in [0.4, 0.5) is 0 Å². The van der Waals surface area contributed by atoms with Crippen LogP contribution in [-0.4, -0.2) is 23.5 Å². The lowest BCUT2D eigenvalue weighted by atomic mass is 10.1. The van der Waals surface area contributed by atoms with Crippen LogP contribution < -0.4 is 5.32 Å². The molecule has 1 aromatic heterocycles. The number of fused-ring (bicyclic) bond motifs is 1. The maximum atomic E-state index is 12.2. The van der Waals surface area contributed by atoms with Gasteiger partial charge in [-0.25, -0.2) is 0 Å². The number of rotatable bonds is 6. The average molecular weight is 289 g/mol. The average Bonchev–Trinajstić information content (AvgIpc) is 2.80. The minimum absolute atomic E-state index is 0.106. The number of carboxylic acid groups (broad SMARTS) is 1. The molecule has 0 saturated heterocycles. The van der Waals surface area contributed by atoms with Gasteiger partial charge in [-0.2, -0.15) is 0 Å².